The molecule has 2 aromatic carbocycles. The van der Waals surface area contributed by atoms with Crippen LogP contribution in [0.1, 0.15) is 27.9 Å². The molecule has 1 aromatic heterocycles. The zero-order valence-corrected chi connectivity index (χ0v) is 15.2. The number of aromatic nitrogens is 2. The van der Waals surface area contributed by atoms with E-state index in [1.165, 1.54) is 16.7 Å². The molecule has 132 valence electrons. The average molecular weight is 345 g/mol. The predicted molar refractivity (Wildman–Crippen MR) is 104 cm³/mol. The van der Waals surface area contributed by atoms with Gasteiger partial charge in [0, 0.05) is 31.6 Å². The first kappa shape index (κ1) is 16.7. The maximum Gasteiger partial charge on any atom is 0.255 e. The normalized spacial score (nSPS) is 14.2. The number of aryl methyl sites for hydroxylation is 2. The van der Waals surface area contributed by atoms with E-state index in [0.29, 0.717) is 12.4 Å². The zero-order valence-electron chi connectivity index (χ0n) is 15.2. The molecule has 1 N–H and O–H groups in total. The number of hydrogen-bond donors (Lipinski definition) is 1. The molecule has 4 nitrogen and oxygen atoms in total. The number of hydrogen-bond acceptors (Lipinski definition) is 3. The highest BCUT2D eigenvalue weighted by Gasteiger charge is 2.22. The van der Waals surface area contributed by atoms with Gasteiger partial charge in [-0.05, 0) is 25.0 Å². The second-order valence-corrected chi connectivity index (χ2v) is 7.10. The van der Waals surface area contributed by atoms with Crippen molar-refractivity contribution in [2.24, 2.45) is 0 Å². The fraction of sp³-hybridized carbons (Fsp3) is 0.273. The number of fused-ring (bicyclic) bond motifs is 1. The molecule has 0 aliphatic carbocycles. The molecule has 2 heterocycles. The number of H-pyrrole nitrogens is 1. The maximum atomic E-state index is 12.7. The van der Waals surface area contributed by atoms with Crippen LogP contribution < -0.4 is 5.56 Å². The lowest BCUT2D eigenvalue weighted by Crippen LogP contribution is -2.35. The molecular weight excluding hydrogens is 322 g/mol. The lowest BCUT2D eigenvalue weighted by atomic mass is 10.0. The van der Waals surface area contributed by atoms with Gasteiger partial charge in [0.15, 0.2) is 0 Å². The molecule has 0 unspecified atom stereocenters. The second kappa shape index (κ2) is 6.89. The minimum atomic E-state index is -0.0143. The molecule has 0 amide bonds. The van der Waals surface area contributed by atoms with Crippen LogP contribution in [0.25, 0.3) is 11.4 Å². The van der Waals surface area contributed by atoms with Crippen molar-refractivity contribution in [2.75, 3.05) is 6.54 Å². The van der Waals surface area contributed by atoms with Gasteiger partial charge in [0.2, 0.25) is 0 Å². The Bertz CT molecular complexity index is 992. The van der Waals surface area contributed by atoms with Crippen LogP contribution in [-0.4, -0.2) is 21.4 Å². The maximum absolute atomic E-state index is 12.7. The molecule has 0 saturated carbocycles. The third kappa shape index (κ3) is 3.33. The Morgan fingerprint density at radius 2 is 1.92 bits per heavy atom. The van der Waals surface area contributed by atoms with Crippen molar-refractivity contribution >= 4 is 0 Å². The van der Waals surface area contributed by atoms with Gasteiger partial charge in [-0.3, -0.25) is 9.69 Å². The Labute approximate surface area is 153 Å². The molecule has 0 fully saturated rings. The molecule has 3 aromatic rings. The average Bonchev–Trinajstić information content (AvgIpc) is 2.66. The molecule has 0 saturated heterocycles. The van der Waals surface area contributed by atoms with Crippen molar-refractivity contribution in [2.45, 2.75) is 33.4 Å². The Hall–Kier alpha value is -2.72. The monoisotopic (exact) mass is 345 g/mol. The topological polar surface area (TPSA) is 49.0 Å². The first-order chi connectivity index (χ1) is 12.6. The van der Waals surface area contributed by atoms with E-state index in [9.17, 15) is 4.79 Å². The standard InChI is InChI=1S/C22H23N3O/c1-15-8-9-16(2)18(12-15)13-25-11-10-20-19(14-25)22(26)24-21(23-20)17-6-4-3-5-7-17/h3-9,12H,10-11,13-14H2,1-2H3,(H,23,24,26). The second-order valence-electron chi connectivity index (χ2n) is 7.10. The number of aromatic amines is 1. The summed E-state index contributed by atoms with van der Waals surface area (Å²) in [6.45, 7) is 6.71. The first-order valence-electron chi connectivity index (χ1n) is 9.06. The molecular formula is C22H23N3O. The summed E-state index contributed by atoms with van der Waals surface area (Å²) < 4.78 is 0. The number of nitrogens with one attached hydrogen (secondary N) is 1. The van der Waals surface area contributed by atoms with Crippen LogP contribution in [-0.2, 0) is 19.5 Å². The molecule has 26 heavy (non-hydrogen) atoms. The van der Waals surface area contributed by atoms with E-state index in [-0.39, 0.29) is 5.56 Å². The van der Waals surface area contributed by atoms with E-state index < -0.39 is 0 Å². The summed E-state index contributed by atoms with van der Waals surface area (Å²) in [4.78, 5) is 22.7. The molecule has 0 atom stereocenters. The highest BCUT2D eigenvalue weighted by molar-refractivity contribution is 5.54. The van der Waals surface area contributed by atoms with Gasteiger partial charge in [0.25, 0.3) is 5.56 Å². The van der Waals surface area contributed by atoms with Gasteiger partial charge in [-0.1, -0.05) is 54.1 Å². The lowest BCUT2D eigenvalue weighted by molar-refractivity contribution is 0.241. The molecule has 1 aliphatic heterocycles. The minimum Gasteiger partial charge on any atom is -0.306 e. The summed E-state index contributed by atoms with van der Waals surface area (Å²) in [5.41, 5.74) is 6.58. The highest BCUT2D eigenvalue weighted by Crippen LogP contribution is 2.21. The van der Waals surface area contributed by atoms with Crippen molar-refractivity contribution in [1.29, 1.82) is 0 Å². The smallest absolute Gasteiger partial charge is 0.255 e. The van der Waals surface area contributed by atoms with Gasteiger partial charge >= 0.3 is 0 Å². The van der Waals surface area contributed by atoms with Gasteiger partial charge in [-0.25, -0.2) is 4.98 Å². The zero-order chi connectivity index (χ0) is 18.1. The molecule has 4 heteroatoms. The highest BCUT2D eigenvalue weighted by atomic mass is 16.1. The van der Waals surface area contributed by atoms with E-state index in [0.717, 1.165) is 36.3 Å². The van der Waals surface area contributed by atoms with Crippen molar-refractivity contribution in [3.63, 3.8) is 0 Å². The van der Waals surface area contributed by atoms with Crippen LogP contribution in [0.5, 0.6) is 0 Å². The summed E-state index contributed by atoms with van der Waals surface area (Å²) >= 11 is 0. The fourth-order valence-electron chi connectivity index (χ4n) is 3.56. The van der Waals surface area contributed by atoms with E-state index in [2.05, 4.69) is 41.9 Å². The third-order valence-electron chi connectivity index (χ3n) is 5.09. The van der Waals surface area contributed by atoms with Crippen LogP contribution >= 0.6 is 0 Å². The van der Waals surface area contributed by atoms with Gasteiger partial charge in [0.1, 0.15) is 5.82 Å². The molecule has 0 spiro atoms. The van der Waals surface area contributed by atoms with E-state index in [1.54, 1.807) is 0 Å². The summed E-state index contributed by atoms with van der Waals surface area (Å²) in [7, 11) is 0. The first-order valence-corrected chi connectivity index (χ1v) is 9.06. The van der Waals surface area contributed by atoms with Crippen LogP contribution in [0.4, 0.5) is 0 Å². The molecule has 0 bridgehead atoms. The Morgan fingerprint density at radius 3 is 2.73 bits per heavy atom. The molecule has 1 aliphatic rings. The summed E-state index contributed by atoms with van der Waals surface area (Å²) in [6, 6.07) is 16.4. The number of nitrogens with zero attached hydrogens (tertiary/aromatic N) is 2. The Balaban J connectivity index is 1.59. The lowest BCUT2D eigenvalue weighted by Gasteiger charge is -2.28. The van der Waals surface area contributed by atoms with E-state index in [4.69, 9.17) is 4.98 Å². The van der Waals surface area contributed by atoms with Crippen molar-refractivity contribution in [3.05, 3.63) is 86.8 Å². The summed E-state index contributed by atoms with van der Waals surface area (Å²) in [5, 5.41) is 0. The van der Waals surface area contributed by atoms with Crippen LogP contribution in [0.2, 0.25) is 0 Å². The van der Waals surface area contributed by atoms with Crippen molar-refractivity contribution in [3.8, 4) is 11.4 Å². The van der Waals surface area contributed by atoms with Crippen LogP contribution in [0.15, 0.2) is 53.3 Å². The van der Waals surface area contributed by atoms with Crippen LogP contribution in [0.3, 0.4) is 0 Å². The quantitative estimate of drug-likeness (QED) is 0.789. The van der Waals surface area contributed by atoms with Crippen LogP contribution in [0, 0.1) is 13.8 Å². The molecule has 4 rings (SSSR count). The Kier molecular flexibility index (Phi) is 4.43. The van der Waals surface area contributed by atoms with Crippen molar-refractivity contribution in [1.82, 2.24) is 14.9 Å². The van der Waals surface area contributed by atoms with Gasteiger partial charge in [-0.15, -0.1) is 0 Å². The van der Waals surface area contributed by atoms with Crippen molar-refractivity contribution < 1.29 is 0 Å². The SMILES string of the molecule is Cc1ccc(C)c(CN2CCc3nc(-c4ccccc4)[nH]c(=O)c3C2)c1. The summed E-state index contributed by atoms with van der Waals surface area (Å²) in [6.07, 6.45) is 0.809. The van der Waals surface area contributed by atoms with Gasteiger partial charge < -0.3 is 4.98 Å². The largest absolute Gasteiger partial charge is 0.306 e. The van der Waals surface area contributed by atoms with E-state index >= 15 is 0 Å². The third-order valence-corrected chi connectivity index (χ3v) is 5.09. The van der Waals surface area contributed by atoms with Gasteiger partial charge in [-0.2, -0.15) is 0 Å². The van der Waals surface area contributed by atoms with Gasteiger partial charge in [0.05, 0.1) is 11.3 Å². The summed E-state index contributed by atoms with van der Waals surface area (Å²) in [5.74, 6) is 0.664. The van der Waals surface area contributed by atoms with E-state index in [1.807, 2.05) is 30.3 Å². The number of benzene rings is 2. The molecule has 0 radical (unpaired) electrons. The number of rotatable bonds is 3. The fourth-order valence-corrected chi connectivity index (χ4v) is 3.56. The minimum absolute atomic E-state index is 0.0143. The Morgan fingerprint density at radius 1 is 1.12 bits per heavy atom. The predicted octanol–water partition coefficient (Wildman–Crippen LogP) is 3.61.